The summed E-state index contributed by atoms with van der Waals surface area (Å²) in [6.45, 7) is 8.59. The summed E-state index contributed by atoms with van der Waals surface area (Å²) in [4.78, 5) is 10.6. The molecule has 1 aromatic rings. The van der Waals surface area contributed by atoms with E-state index < -0.39 is 0 Å². The standard InChI is InChI=1S/C13H18O/c1-10-6-5-7-12(13(2,3)4)11(10)8-9-14/h5-7,9H,8H2,1-4H3. The van der Waals surface area contributed by atoms with Gasteiger partial charge in [0, 0.05) is 6.42 Å². The van der Waals surface area contributed by atoms with E-state index in [1.165, 1.54) is 16.7 Å². The van der Waals surface area contributed by atoms with E-state index in [1.54, 1.807) is 0 Å². The molecule has 1 rings (SSSR count). The molecule has 0 fully saturated rings. The Labute approximate surface area is 86.1 Å². The van der Waals surface area contributed by atoms with Gasteiger partial charge in [-0.05, 0) is 29.0 Å². The van der Waals surface area contributed by atoms with Crippen molar-refractivity contribution in [2.45, 2.75) is 39.5 Å². The van der Waals surface area contributed by atoms with E-state index in [1.807, 2.05) is 0 Å². The average molecular weight is 190 g/mol. The molecule has 0 saturated heterocycles. The topological polar surface area (TPSA) is 17.1 Å². The van der Waals surface area contributed by atoms with Gasteiger partial charge in [0.15, 0.2) is 0 Å². The largest absolute Gasteiger partial charge is 0.303 e. The molecule has 0 heterocycles. The van der Waals surface area contributed by atoms with Crippen LogP contribution < -0.4 is 0 Å². The lowest BCUT2D eigenvalue weighted by Gasteiger charge is -2.23. The van der Waals surface area contributed by atoms with Crippen molar-refractivity contribution in [2.75, 3.05) is 0 Å². The molecule has 0 amide bonds. The van der Waals surface area contributed by atoms with E-state index in [0.717, 1.165) is 6.29 Å². The van der Waals surface area contributed by atoms with E-state index in [0.29, 0.717) is 6.42 Å². The molecule has 0 aromatic heterocycles. The Morgan fingerprint density at radius 3 is 2.43 bits per heavy atom. The number of hydrogen-bond acceptors (Lipinski definition) is 1. The molecule has 0 unspecified atom stereocenters. The highest BCUT2D eigenvalue weighted by Gasteiger charge is 2.18. The van der Waals surface area contributed by atoms with Gasteiger partial charge in [0.25, 0.3) is 0 Å². The maximum Gasteiger partial charge on any atom is 0.124 e. The molecule has 0 aliphatic rings. The van der Waals surface area contributed by atoms with Crippen molar-refractivity contribution in [3.05, 3.63) is 34.9 Å². The van der Waals surface area contributed by atoms with E-state index in [4.69, 9.17) is 0 Å². The highest BCUT2D eigenvalue weighted by atomic mass is 16.1. The van der Waals surface area contributed by atoms with Crippen LogP contribution in [0.2, 0.25) is 0 Å². The maximum atomic E-state index is 10.6. The normalized spacial score (nSPS) is 11.4. The number of aryl methyl sites for hydroxylation is 1. The van der Waals surface area contributed by atoms with Crippen LogP contribution in [0, 0.1) is 6.92 Å². The first-order valence-corrected chi connectivity index (χ1v) is 4.99. The Morgan fingerprint density at radius 1 is 1.29 bits per heavy atom. The molecule has 0 atom stereocenters. The Bertz CT molecular complexity index is 332. The molecule has 0 aliphatic heterocycles. The van der Waals surface area contributed by atoms with Crippen LogP contribution in [-0.4, -0.2) is 6.29 Å². The number of carbonyl (C=O) groups excluding carboxylic acids is 1. The predicted molar refractivity (Wildman–Crippen MR) is 59.6 cm³/mol. The third-order valence-electron chi connectivity index (χ3n) is 2.51. The molecule has 1 nitrogen and oxygen atoms in total. The molecule has 0 N–H and O–H groups in total. The molecular formula is C13H18O. The number of benzene rings is 1. The molecule has 0 bridgehead atoms. The Kier molecular flexibility index (Phi) is 3.10. The summed E-state index contributed by atoms with van der Waals surface area (Å²) in [5.74, 6) is 0. The zero-order chi connectivity index (χ0) is 10.8. The van der Waals surface area contributed by atoms with Gasteiger partial charge >= 0.3 is 0 Å². The molecule has 0 saturated carbocycles. The molecule has 14 heavy (non-hydrogen) atoms. The minimum Gasteiger partial charge on any atom is -0.303 e. The van der Waals surface area contributed by atoms with Gasteiger partial charge in [-0.25, -0.2) is 0 Å². The fraction of sp³-hybridized carbons (Fsp3) is 0.462. The van der Waals surface area contributed by atoms with Gasteiger partial charge in [0.1, 0.15) is 6.29 Å². The van der Waals surface area contributed by atoms with Crippen LogP contribution in [0.3, 0.4) is 0 Å². The van der Waals surface area contributed by atoms with Gasteiger partial charge in [0.05, 0.1) is 0 Å². The minimum atomic E-state index is 0.115. The number of rotatable bonds is 2. The summed E-state index contributed by atoms with van der Waals surface area (Å²) in [5.41, 5.74) is 3.80. The SMILES string of the molecule is Cc1cccc(C(C)(C)C)c1CC=O. The van der Waals surface area contributed by atoms with Crippen LogP contribution in [0.25, 0.3) is 0 Å². The lowest BCUT2D eigenvalue weighted by molar-refractivity contribution is -0.107. The Hall–Kier alpha value is -1.11. The molecule has 1 heteroatoms. The quantitative estimate of drug-likeness (QED) is 0.655. The first-order chi connectivity index (χ1) is 6.46. The molecular weight excluding hydrogens is 172 g/mol. The van der Waals surface area contributed by atoms with Crippen molar-refractivity contribution < 1.29 is 4.79 Å². The van der Waals surface area contributed by atoms with Crippen LogP contribution >= 0.6 is 0 Å². The fourth-order valence-electron chi connectivity index (χ4n) is 1.76. The van der Waals surface area contributed by atoms with Crippen molar-refractivity contribution in [1.29, 1.82) is 0 Å². The summed E-state index contributed by atoms with van der Waals surface area (Å²) < 4.78 is 0. The first kappa shape index (κ1) is 11.0. The van der Waals surface area contributed by atoms with Gasteiger partial charge in [-0.15, -0.1) is 0 Å². The fourth-order valence-corrected chi connectivity index (χ4v) is 1.76. The highest BCUT2D eigenvalue weighted by Crippen LogP contribution is 2.27. The van der Waals surface area contributed by atoms with Gasteiger partial charge < -0.3 is 4.79 Å². The van der Waals surface area contributed by atoms with Crippen LogP contribution in [0.1, 0.15) is 37.5 Å². The van der Waals surface area contributed by atoms with E-state index in [9.17, 15) is 4.79 Å². The summed E-state index contributed by atoms with van der Waals surface area (Å²) >= 11 is 0. The van der Waals surface area contributed by atoms with Crippen LogP contribution in [0.15, 0.2) is 18.2 Å². The predicted octanol–water partition coefficient (Wildman–Crippen LogP) is 3.03. The van der Waals surface area contributed by atoms with Crippen molar-refractivity contribution in [2.24, 2.45) is 0 Å². The zero-order valence-corrected chi connectivity index (χ0v) is 9.42. The van der Waals surface area contributed by atoms with Crippen LogP contribution in [0.5, 0.6) is 0 Å². The van der Waals surface area contributed by atoms with Crippen LogP contribution in [-0.2, 0) is 16.6 Å². The smallest absolute Gasteiger partial charge is 0.124 e. The molecule has 0 aliphatic carbocycles. The van der Waals surface area contributed by atoms with E-state index >= 15 is 0 Å². The molecule has 76 valence electrons. The van der Waals surface area contributed by atoms with Gasteiger partial charge in [-0.3, -0.25) is 0 Å². The highest BCUT2D eigenvalue weighted by molar-refractivity contribution is 5.58. The lowest BCUT2D eigenvalue weighted by atomic mass is 9.81. The van der Waals surface area contributed by atoms with Crippen molar-refractivity contribution >= 4 is 6.29 Å². The third kappa shape index (κ3) is 2.22. The average Bonchev–Trinajstić information content (AvgIpc) is 2.07. The number of hydrogen-bond donors (Lipinski definition) is 0. The zero-order valence-electron chi connectivity index (χ0n) is 9.42. The molecule has 1 aromatic carbocycles. The van der Waals surface area contributed by atoms with Gasteiger partial charge in [-0.2, -0.15) is 0 Å². The monoisotopic (exact) mass is 190 g/mol. The van der Waals surface area contributed by atoms with Gasteiger partial charge in [0.2, 0.25) is 0 Å². The summed E-state index contributed by atoms with van der Waals surface area (Å²) in [6.07, 6.45) is 1.51. The molecule has 0 spiro atoms. The summed E-state index contributed by atoms with van der Waals surface area (Å²) in [7, 11) is 0. The molecule has 0 radical (unpaired) electrons. The second-order valence-electron chi connectivity index (χ2n) is 4.72. The second kappa shape index (κ2) is 3.95. The Balaban J connectivity index is 3.28. The number of aldehydes is 1. The van der Waals surface area contributed by atoms with Crippen LogP contribution in [0.4, 0.5) is 0 Å². The Morgan fingerprint density at radius 2 is 1.93 bits per heavy atom. The van der Waals surface area contributed by atoms with Crippen molar-refractivity contribution in [1.82, 2.24) is 0 Å². The maximum absolute atomic E-state index is 10.6. The second-order valence-corrected chi connectivity index (χ2v) is 4.72. The first-order valence-electron chi connectivity index (χ1n) is 4.99. The number of carbonyl (C=O) groups is 1. The summed E-state index contributed by atoms with van der Waals surface area (Å²) in [5, 5.41) is 0. The van der Waals surface area contributed by atoms with Crippen molar-refractivity contribution in [3.8, 4) is 0 Å². The summed E-state index contributed by atoms with van der Waals surface area (Å²) in [6, 6.07) is 6.24. The van der Waals surface area contributed by atoms with E-state index in [-0.39, 0.29) is 5.41 Å². The van der Waals surface area contributed by atoms with Gasteiger partial charge in [-0.1, -0.05) is 39.0 Å². The van der Waals surface area contributed by atoms with E-state index in [2.05, 4.69) is 45.9 Å². The lowest BCUT2D eigenvalue weighted by Crippen LogP contribution is -2.15. The minimum absolute atomic E-state index is 0.115. The van der Waals surface area contributed by atoms with Crippen molar-refractivity contribution in [3.63, 3.8) is 0 Å². The third-order valence-corrected chi connectivity index (χ3v) is 2.51.